The number of amides is 1. The molecule has 1 aliphatic heterocycles. The molecule has 2 rings (SSSR count). The Labute approximate surface area is 120 Å². The van der Waals surface area contributed by atoms with Gasteiger partial charge in [0.15, 0.2) is 0 Å². The second-order valence-corrected chi connectivity index (χ2v) is 5.47. The van der Waals surface area contributed by atoms with Crippen molar-refractivity contribution in [3.05, 3.63) is 35.9 Å². The number of benzene rings is 1. The van der Waals surface area contributed by atoms with Crippen molar-refractivity contribution < 1.29 is 14.6 Å². The molecule has 4 heteroatoms. The zero-order valence-electron chi connectivity index (χ0n) is 12.0. The minimum absolute atomic E-state index is 0.104. The van der Waals surface area contributed by atoms with Crippen LogP contribution in [0, 0.1) is 0 Å². The number of rotatable bonds is 4. The quantitative estimate of drug-likeness (QED) is 0.920. The van der Waals surface area contributed by atoms with Crippen molar-refractivity contribution in [1.29, 1.82) is 0 Å². The van der Waals surface area contributed by atoms with E-state index in [0.29, 0.717) is 13.0 Å². The molecule has 0 bridgehead atoms. The van der Waals surface area contributed by atoms with Gasteiger partial charge in [0.1, 0.15) is 6.61 Å². The van der Waals surface area contributed by atoms with Crippen LogP contribution in [0.15, 0.2) is 30.3 Å². The van der Waals surface area contributed by atoms with Crippen LogP contribution in [0.3, 0.4) is 0 Å². The highest BCUT2D eigenvalue weighted by Crippen LogP contribution is 2.22. The smallest absolute Gasteiger partial charge is 0.410 e. The third-order valence-electron chi connectivity index (χ3n) is 3.68. The van der Waals surface area contributed by atoms with Crippen LogP contribution in [0.2, 0.25) is 0 Å². The van der Waals surface area contributed by atoms with Crippen LogP contribution in [0.5, 0.6) is 0 Å². The van der Waals surface area contributed by atoms with E-state index in [1.807, 2.05) is 30.3 Å². The molecular weight excluding hydrogens is 254 g/mol. The fourth-order valence-corrected chi connectivity index (χ4v) is 2.68. The van der Waals surface area contributed by atoms with Crippen molar-refractivity contribution in [2.45, 2.75) is 51.4 Å². The maximum atomic E-state index is 12.2. The van der Waals surface area contributed by atoms with E-state index >= 15 is 0 Å². The number of hydrogen-bond donors (Lipinski definition) is 1. The molecule has 0 aromatic heterocycles. The first-order valence-electron chi connectivity index (χ1n) is 7.32. The van der Waals surface area contributed by atoms with Gasteiger partial charge < -0.3 is 14.7 Å². The summed E-state index contributed by atoms with van der Waals surface area (Å²) in [4.78, 5) is 14.0. The Morgan fingerprint density at radius 3 is 2.85 bits per heavy atom. The molecule has 1 aliphatic rings. The van der Waals surface area contributed by atoms with Crippen LogP contribution in [-0.4, -0.2) is 34.8 Å². The molecule has 1 amide bonds. The van der Waals surface area contributed by atoms with Gasteiger partial charge in [0.05, 0.1) is 6.10 Å². The van der Waals surface area contributed by atoms with E-state index in [9.17, 15) is 9.90 Å². The number of carbonyl (C=O) groups is 1. The number of likely N-dealkylation sites (tertiary alicyclic amines) is 1. The predicted molar refractivity (Wildman–Crippen MR) is 77.3 cm³/mol. The number of piperidine rings is 1. The number of aliphatic hydroxyl groups excluding tert-OH is 1. The molecule has 0 saturated carbocycles. The first-order valence-corrected chi connectivity index (χ1v) is 7.32. The summed E-state index contributed by atoms with van der Waals surface area (Å²) < 4.78 is 5.38. The van der Waals surface area contributed by atoms with Crippen LogP contribution < -0.4 is 0 Å². The highest BCUT2D eigenvalue weighted by Gasteiger charge is 2.28. The number of hydrogen-bond acceptors (Lipinski definition) is 3. The van der Waals surface area contributed by atoms with E-state index in [4.69, 9.17) is 4.74 Å². The maximum Gasteiger partial charge on any atom is 0.410 e. The Bertz CT molecular complexity index is 419. The molecule has 0 unspecified atom stereocenters. The number of aliphatic hydroxyl groups is 1. The SMILES string of the molecule is C[C@@H](O)C[C@H]1CCCCN1C(=O)OCc1ccccc1. The molecule has 0 radical (unpaired) electrons. The van der Waals surface area contributed by atoms with Gasteiger partial charge in [0.2, 0.25) is 0 Å². The van der Waals surface area contributed by atoms with Crippen molar-refractivity contribution in [3.63, 3.8) is 0 Å². The van der Waals surface area contributed by atoms with Gasteiger partial charge in [0.25, 0.3) is 0 Å². The first kappa shape index (κ1) is 14.9. The zero-order chi connectivity index (χ0) is 14.4. The number of carbonyl (C=O) groups excluding carboxylic acids is 1. The zero-order valence-corrected chi connectivity index (χ0v) is 12.0. The van der Waals surface area contributed by atoms with Gasteiger partial charge >= 0.3 is 6.09 Å². The largest absolute Gasteiger partial charge is 0.445 e. The highest BCUT2D eigenvalue weighted by atomic mass is 16.6. The molecule has 110 valence electrons. The van der Waals surface area contributed by atoms with Crippen LogP contribution >= 0.6 is 0 Å². The standard InChI is InChI=1S/C16H23NO3/c1-13(18)11-15-9-5-6-10-17(15)16(19)20-12-14-7-3-2-4-8-14/h2-4,7-8,13,15,18H,5-6,9-12H2,1H3/t13-,15-/m1/s1. The fraction of sp³-hybridized carbons (Fsp3) is 0.562. The summed E-state index contributed by atoms with van der Waals surface area (Å²) in [5.74, 6) is 0. The Morgan fingerprint density at radius 1 is 1.40 bits per heavy atom. The Hall–Kier alpha value is -1.55. The van der Waals surface area contributed by atoms with E-state index in [2.05, 4.69) is 0 Å². The van der Waals surface area contributed by atoms with Gasteiger partial charge in [-0.3, -0.25) is 0 Å². The van der Waals surface area contributed by atoms with Crippen LogP contribution in [0.1, 0.15) is 38.2 Å². The van der Waals surface area contributed by atoms with E-state index in [1.54, 1.807) is 11.8 Å². The van der Waals surface area contributed by atoms with Crippen molar-refractivity contribution >= 4 is 6.09 Å². The second-order valence-electron chi connectivity index (χ2n) is 5.47. The predicted octanol–water partition coefficient (Wildman–Crippen LogP) is 2.95. The lowest BCUT2D eigenvalue weighted by atomic mass is 9.98. The lowest BCUT2D eigenvalue weighted by molar-refractivity contribution is 0.0515. The number of ether oxygens (including phenoxy) is 1. The maximum absolute atomic E-state index is 12.2. The summed E-state index contributed by atoms with van der Waals surface area (Å²) in [6.07, 6.45) is 3.05. The number of nitrogens with zero attached hydrogens (tertiary/aromatic N) is 1. The van der Waals surface area contributed by atoms with Crippen molar-refractivity contribution in [1.82, 2.24) is 4.90 Å². The second kappa shape index (κ2) is 7.29. The molecule has 1 aromatic carbocycles. The third-order valence-corrected chi connectivity index (χ3v) is 3.68. The summed E-state index contributed by atoms with van der Waals surface area (Å²) in [5, 5.41) is 9.53. The molecule has 0 aliphatic carbocycles. The molecule has 1 heterocycles. The highest BCUT2D eigenvalue weighted by molar-refractivity contribution is 5.68. The minimum atomic E-state index is -0.387. The summed E-state index contributed by atoms with van der Waals surface area (Å²) >= 11 is 0. The van der Waals surface area contributed by atoms with E-state index < -0.39 is 0 Å². The molecular formula is C16H23NO3. The lowest BCUT2D eigenvalue weighted by Gasteiger charge is -2.35. The Morgan fingerprint density at radius 2 is 2.15 bits per heavy atom. The van der Waals surface area contributed by atoms with E-state index in [0.717, 1.165) is 31.4 Å². The van der Waals surface area contributed by atoms with Crippen LogP contribution in [0.25, 0.3) is 0 Å². The third kappa shape index (κ3) is 4.23. The van der Waals surface area contributed by atoms with Gasteiger partial charge in [0, 0.05) is 12.6 Å². The molecule has 2 atom stereocenters. The van der Waals surface area contributed by atoms with E-state index in [-0.39, 0.29) is 18.2 Å². The summed E-state index contributed by atoms with van der Waals surface area (Å²) in [5.41, 5.74) is 0.991. The average Bonchev–Trinajstić information content (AvgIpc) is 2.46. The molecule has 1 fully saturated rings. The van der Waals surface area contributed by atoms with Crippen molar-refractivity contribution in [2.24, 2.45) is 0 Å². The Balaban J connectivity index is 1.89. The Kier molecular flexibility index (Phi) is 5.41. The van der Waals surface area contributed by atoms with Crippen molar-refractivity contribution in [3.8, 4) is 0 Å². The van der Waals surface area contributed by atoms with Gasteiger partial charge in [-0.1, -0.05) is 30.3 Å². The summed E-state index contributed by atoms with van der Waals surface area (Å²) in [7, 11) is 0. The van der Waals surface area contributed by atoms with Crippen LogP contribution in [-0.2, 0) is 11.3 Å². The fourth-order valence-electron chi connectivity index (χ4n) is 2.68. The van der Waals surface area contributed by atoms with Gasteiger partial charge in [-0.25, -0.2) is 4.79 Å². The van der Waals surface area contributed by atoms with Crippen LogP contribution in [0.4, 0.5) is 4.79 Å². The molecule has 20 heavy (non-hydrogen) atoms. The average molecular weight is 277 g/mol. The van der Waals surface area contributed by atoms with E-state index in [1.165, 1.54) is 0 Å². The van der Waals surface area contributed by atoms with Gasteiger partial charge in [-0.2, -0.15) is 0 Å². The van der Waals surface area contributed by atoms with Gasteiger partial charge in [-0.15, -0.1) is 0 Å². The molecule has 1 aromatic rings. The minimum Gasteiger partial charge on any atom is -0.445 e. The molecule has 1 saturated heterocycles. The van der Waals surface area contributed by atoms with Gasteiger partial charge in [-0.05, 0) is 38.2 Å². The molecule has 1 N–H and O–H groups in total. The molecule has 4 nitrogen and oxygen atoms in total. The first-order chi connectivity index (χ1) is 9.66. The summed E-state index contributed by atoms with van der Waals surface area (Å²) in [6.45, 7) is 2.80. The topological polar surface area (TPSA) is 49.8 Å². The lowest BCUT2D eigenvalue weighted by Crippen LogP contribution is -2.45. The van der Waals surface area contributed by atoms with Crippen molar-refractivity contribution in [2.75, 3.05) is 6.54 Å². The summed E-state index contributed by atoms with van der Waals surface area (Å²) in [6, 6.07) is 9.79. The normalized spacial score (nSPS) is 20.5. The monoisotopic (exact) mass is 277 g/mol. The molecule has 0 spiro atoms.